The number of ether oxygens (including phenoxy) is 1. The van der Waals surface area contributed by atoms with Crippen LogP contribution in [-0.4, -0.2) is 32.3 Å². The maximum atomic E-state index is 12.4. The van der Waals surface area contributed by atoms with Crippen LogP contribution in [0.3, 0.4) is 0 Å². The quantitative estimate of drug-likeness (QED) is 0.684. The minimum atomic E-state index is -0.176. The minimum Gasteiger partial charge on any atom is -0.477 e. The van der Waals surface area contributed by atoms with Gasteiger partial charge in [0.15, 0.2) is 5.82 Å². The summed E-state index contributed by atoms with van der Waals surface area (Å²) in [7, 11) is 0. The molecule has 0 aliphatic heterocycles. The largest absolute Gasteiger partial charge is 0.477 e. The van der Waals surface area contributed by atoms with Crippen molar-refractivity contribution in [2.24, 2.45) is 5.92 Å². The number of carbonyl (C=O) groups excluding carboxylic acids is 1. The highest BCUT2D eigenvalue weighted by molar-refractivity contribution is 5.93. The first kappa shape index (κ1) is 18.2. The molecule has 3 aromatic rings. The Morgan fingerprint density at radius 1 is 1.21 bits per heavy atom. The number of hydrogen-bond acceptors (Lipinski definition) is 5. The van der Waals surface area contributed by atoms with Crippen LogP contribution in [0.15, 0.2) is 42.7 Å². The molecule has 0 spiro atoms. The number of rotatable bonds is 7. The van der Waals surface area contributed by atoms with Crippen molar-refractivity contribution in [1.82, 2.24) is 25.1 Å². The lowest BCUT2D eigenvalue weighted by Crippen LogP contribution is -2.23. The lowest BCUT2D eigenvalue weighted by molar-refractivity contribution is 0.0950. The van der Waals surface area contributed by atoms with Crippen molar-refractivity contribution < 1.29 is 9.53 Å². The fourth-order valence-corrected chi connectivity index (χ4v) is 2.92. The van der Waals surface area contributed by atoms with Crippen molar-refractivity contribution in [3.63, 3.8) is 0 Å². The maximum Gasteiger partial charge on any atom is 0.253 e. The van der Waals surface area contributed by atoms with Crippen molar-refractivity contribution in [3.05, 3.63) is 65.2 Å². The molecule has 0 bridgehead atoms. The Labute approximate surface area is 163 Å². The van der Waals surface area contributed by atoms with Gasteiger partial charge in [-0.2, -0.15) is 5.10 Å². The summed E-state index contributed by atoms with van der Waals surface area (Å²) in [4.78, 5) is 21.0. The van der Waals surface area contributed by atoms with Crippen LogP contribution in [-0.2, 0) is 6.54 Å². The van der Waals surface area contributed by atoms with Crippen molar-refractivity contribution >= 4 is 5.91 Å². The van der Waals surface area contributed by atoms with Gasteiger partial charge in [-0.05, 0) is 62.4 Å². The molecule has 7 heteroatoms. The zero-order chi connectivity index (χ0) is 19.5. The molecule has 0 atom stereocenters. The van der Waals surface area contributed by atoms with Crippen LogP contribution in [0.4, 0.5) is 0 Å². The Hall–Kier alpha value is -3.22. The normalized spacial score (nSPS) is 13.4. The first-order chi connectivity index (χ1) is 13.6. The van der Waals surface area contributed by atoms with Crippen LogP contribution < -0.4 is 10.1 Å². The second-order valence-electron chi connectivity index (χ2n) is 7.18. The predicted octanol–water partition coefficient (Wildman–Crippen LogP) is 3.00. The fraction of sp³-hybridized carbons (Fsp3) is 0.333. The van der Waals surface area contributed by atoms with E-state index < -0.39 is 0 Å². The second-order valence-corrected chi connectivity index (χ2v) is 7.18. The molecule has 1 amide bonds. The summed E-state index contributed by atoms with van der Waals surface area (Å²) in [5, 5.41) is 7.31. The zero-order valence-corrected chi connectivity index (χ0v) is 16.1. The number of amides is 1. The summed E-state index contributed by atoms with van der Waals surface area (Å²) in [6, 6.07) is 9.27. The van der Waals surface area contributed by atoms with Gasteiger partial charge in [0, 0.05) is 30.7 Å². The molecule has 144 valence electrons. The van der Waals surface area contributed by atoms with E-state index in [0.717, 1.165) is 23.6 Å². The highest BCUT2D eigenvalue weighted by atomic mass is 16.5. The third-order valence-electron chi connectivity index (χ3n) is 4.65. The van der Waals surface area contributed by atoms with E-state index in [1.807, 2.05) is 32.0 Å². The van der Waals surface area contributed by atoms with Crippen LogP contribution >= 0.6 is 0 Å². The predicted molar refractivity (Wildman–Crippen MR) is 104 cm³/mol. The van der Waals surface area contributed by atoms with Crippen LogP contribution in [0.2, 0.25) is 0 Å². The second kappa shape index (κ2) is 7.80. The SMILES string of the molecule is Cc1cc(C)n(-c2ccc(C(=O)NCc3ccnc(OCC4CC4)c3)cn2)n1. The van der Waals surface area contributed by atoms with Gasteiger partial charge in [0.1, 0.15) is 0 Å². The Morgan fingerprint density at radius 3 is 2.75 bits per heavy atom. The average Bonchev–Trinajstić information content (AvgIpc) is 3.47. The van der Waals surface area contributed by atoms with Crippen molar-refractivity contribution in [3.8, 4) is 11.7 Å². The van der Waals surface area contributed by atoms with Crippen molar-refractivity contribution in [2.75, 3.05) is 6.61 Å². The van der Waals surface area contributed by atoms with Crippen LogP contribution in [0, 0.1) is 19.8 Å². The lowest BCUT2D eigenvalue weighted by Gasteiger charge is -2.08. The average molecular weight is 377 g/mol. The van der Waals surface area contributed by atoms with Gasteiger partial charge >= 0.3 is 0 Å². The fourth-order valence-electron chi connectivity index (χ4n) is 2.92. The Bertz CT molecular complexity index is 977. The summed E-state index contributed by atoms with van der Waals surface area (Å²) in [5.74, 6) is 1.79. The summed E-state index contributed by atoms with van der Waals surface area (Å²) >= 11 is 0. The summed E-state index contributed by atoms with van der Waals surface area (Å²) in [6.07, 6.45) is 5.75. The van der Waals surface area contributed by atoms with Crippen molar-refractivity contribution in [2.45, 2.75) is 33.2 Å². The molecule has 7 nitrogen and oxygen atoms in total. The molecule has 28 heavy (non-hydrogen) atoms. The van der Waals surface area contributed by atoms with E-state index in [2.05, 4.69) is 20.4 Å². The number of nitrogens with one attached hydrogen (secondary N) is 1. The summed E-state index contributed by atoms with van der Waals surface area (Å²) < 4.78 is 7.45. The van der Waals surface area contributed by atoms with Gasteiger partial charge in [0.25, 0.3) is 5.91 Å². The van der Waals surface area contributed by atoms with E-state index in [1.54, 1.807) is 29.2 Å². The van der Waals surface area contributed by atoms with Crippen LogP contribution in [0.25, 0.3) is 5.82 Å². The van der Waals surface area contributed by atoms with E-state index in [-0.39, 0.29) is 5.91 Å². The van der Waals surface area contributed by atoms with E-state index >= 15 is 0 Å². The van der Waals surface area contributed by atoms with Gasteiger partial charge in [-0.1, -0.05) is 0 Å². The zero-order valence-electron chi connectivity index (χ0n) is 16.1. The standard InChI is InChI=1S/C21H23N5O2/c1-14-9-15(2)26(25-14)19-6-5-18(12-23-19)21(27)24-11-17-7-8-22-20(10-17)28-13-16-3-4-16/h5-10,12,16H,3-4,11,13H2,1-2H3,(H,24,27). The molecule has 3 heterocycles. The van der Waals surface area contributed by atoms with Gasteiger partial charge in [-0.15, -0.1) is 0 Å². The van der Waals surface area contributed by atoms with E-state index in [0.29, 0.717) is 29.7 Å². The lowest BCUT2D eigenvalue weighted by atomic mass is 10.2. The number of aryl methyl sites for hydroxylation is 2. The van der Waals surface area contributed by atoms with Crippen molar-refractivity contribution in [1.29, 1.82) is 0 Å². The number of carbonyl (C=O) groups is 1. The molecular formula is C21H23N5O2. The van der Waals surface area contributed by atoms with Gasteiger partial charge in [-0.25, -0.2) is 14.6 Å². The molecule has 1 saturated carbocycles. The number of pyridine rings is 2. The van der Waals surface area contributed by atoms with Gasteiger partial charge in [0.05, 0.1) is 17.9 Å². The first-order valence-corrected chi connectivity index (χ1v) is 9.44. The van der Waals surface area contributed by atoms with E-state index in [1.165, 1.54) is 12.8 Å². The highest BCUT2D eigenvalue weighted by Gasteiger charge is 2.22. The number of hydrogen-bond donors (Lipinski definition) is 1. The smallest absolute Gasteiger partial charge is 0.253 e. The molecule has 1 aliphatic carbocycles. The van der Waals surface area contributed by atoms with Gasteiger partial charge in [0.2, 0.25) is 5.88 Å². The monoisotopic (exact) mass is 377 g/mol. The van der Waals surface area contributed by atoms with E-state index in [9.17, 15) is 4.79 Å². The first-order valence-electron chi connectivity index (χ1n) is 9.44. The molecule has 4 rings (SSSR count). The van der Waals surface area contributed by atoms with E-state index in [4.69, 9.17) is 4.74 Å². The molecular weight excluding hydrogens is 354 g/mol. The molecule has 0 unspecified atom stereocenters. The van der Waals surface area contributed by atoms with Crippen LogP contribution in [0.5, 0.6) is 5.88 Å². The Balaban J connectivity index is 1.36. The summed E-state index contributed by atoms with van der Waals surface area (Å²) in [5.41, 5.74) is 3.38. The Morgan fingerprint density at radius 2 is 2.07 bits per heavy atom. The van der Waals surface area contributed by atoms with Gasteiger partial charge in [-0.3, -0.25) is 4.79 Å². The molecule has 0 saturated heterocycles. The van der Waals surface area contributed by atoms with Gasteiger partial charge < -0.3 is 10.1 Å². The summed E-state index contributed by atoms with van der Waals surface area (Å²) in [6.45, 7) is 5.03. The molecule has 0 aromatic carbocycles. The highest BCUT2D eigenvalue weighted by Crippen LogP contribution is 2.29. The molecule has 1 fully saturated rings. The van der Waals surface area contributed by atoms with Crippen LogP contribution in [0.1, 0.15) is 40.2 Å². The molecule has 0 radical (unpaired) electrons. The third-order valence-corrected chi connectivity index (χ3v) is 4.65. The number of aromatic nitrogens is 4. The molecule has 3 aromatic heterocycles. The third kappa shape index (κ3) is 4.36. The topological polar surface area (TPSA) is 81.9 Å². The molecule has 1 N–H and O–H groups in total. The maximum absolute atomic E-state index is 12.4. The molecule has 1 aliphatic rings. The number of nitrogens with zero attached hydrogens (tertiary/aromatic N) is 4. The minimum absolute atomic E-state index is 0.176. The Kier molecular flexibility index (Phi) is 5.06.